The van der Waals surface area contributed by atoms with Crippen molar-refractivity contribution in [3.8, 4) is 17.6 Å². The van der Waals surface area contributed by atoms with E-state index in [-0.39, 0.29) is 5.91 Å². The van der Waals surface area contributed by atoms with Crippen LogP contribution in [0.15, 0.2) is 18.2 Å². The topological polar surface area (TPSA) is 65.8 Å². The molecule has 0 aromatic heterocycles. The summed E-state index contributed by atoms with van der Waals surface area (Å²) in [5.41, 5.74) is 0.528. The number of carbonyl (C=O) groups is 1. The zero-order valence-corrected chi connectivity index (χ0v) is 14.5. The molecule has 6 heteroatoms. The second-order valence-corrected chi connectivity index (χ2v) is 5.97. The van der Waals surface area contributed by atoms with Gasteiger partial charge >= 0.3 is 0 Å². The van der Waals surface area contributed by atoms with Gasteiger partial charge in [0.15, 0.2) is 11.5 Å². The quantitative estimate of drug-likeness (QED) is 0.745. The van der Waals surface area contributed by atoms with Crippen molar-refractivity contribution in [1.29, 1.82) is 5.26 Å². The number of benzene rings is 1. The molecule has 1 heterocycles. The molecular formula is C18H25N3O3. The number of methoxy groups -OCH3 is 1. The van der Waals surface area contributed by atoms with Crippen molar-refractivity contribution in [2.24, 2.45) is 0 Å². The number of likely N-dealkylation sites (N-methyl/N-ethyl adjacent to an activating group) is 1. The van der Waals surface area contributed by atoms with Crippen LogP contribution in [0.4, 0.5) is 0 Å². The molecule has 1 saturated heterocycles. The Bertz CT molecular complexity index is 598. The molecular weight excluding hydrogens is 306 g/mol. The number of amides is 1. The Labute approximate surface area is 143 Å². The summed E-state index contributed by atoms with van der Waals surface area (Å²) in [5, 5.41) is 8.89. The fourth-order valence-electron chi connectivity index (χ4n) is 2.72. The largest absolute Gasteiger partial charge is 0.493 e. The van der Waals surface area contributed by atoms with Crippen molar-refractivity contribution >= 4 is 5.91 Å². The lowest BCUT2D eigenvalue weighted by molar-refractivity contribution is -0.131. The highest BCUT2D eigenvalue weighted by Gasteiger charge is 2.17. The van der Waals surface area contributed by atoms with E-state index in [0.717, 1.165) is 32.6 Å². The number of carbonyl (C=O) groups excluding carboxylic acids is 1. The summed E-state index contributed by atoms with van der Waals surface area (Å²) >= 11 is 0. The maximum atomic E-state index is 12.3. The van der Waals surface area contributed by atoms with Gasteiger partial charge in [0.2, 0.25) is 5.91 Å². The van der Waals surface area contributed by atoms with Gasteiger partial charge in [0.25, 0.3) is 0 Å². The van der Waals surface area contributed by atoms with E-state index < -0.39 is 0 Å². The van der Waals surface area contributed by atoms with Crippen LogP contribution in [0.25, 0.3) is 0 Å². The lowest BCUT2D eigenvalue weighted by atomic mass is 10.2. The molecule has 0 unspecified atom stereocenters. The molecule has 1 fully saturated rings. The van der Waals surface area contributed by atoms with Crippen molar-refractivity contribution in [2.75, 3.05) is 46.9 Å². The van der Waals surface area contributed by atoms with Gasteiger partial charge in [0.1, 0.15) is 0 Å². The average Bonchev–Trinajstić information content (AvgIpc) is 2.83. The molecule has 1 aliphatic heterocycles. The molecule has 2 rings (SSSR count). The molecule has 0 atom stereocenters. The van der Waals surface area contributed by atoms with Crippen LogP contribution in [0.1, 0.15) is 24.8 Å². The molecule has 0 bridgehead atoms. The minimum atomic E-state index is 0.195. The lowest BCUT2D eigenvalue weighted by Gasteiger charge is -2.20. The minimum absolute atomic E-state index is 0.195. The van der Waals surface area contributed by atoms with Crippen LogP contribution in [0.5, 0.6) is 11.5 Å². The van der Waals surface area contributed by atoms with Crippen LogP contribution < -0.4 is 9.47 Å². The number of nitrogens with zero attached hydrogens (tertiary/aromatic N) is 3. The third-order valence-corrected chi connectivity index (χ3v) is 4.16. The predicted molar refractivity (Wildman–Crippen MR) is 91.1 cm³/mol. The Hall–Kier alpha value is -2.26. The highest BCUT2D eigenvalue weighted by molar-refractivity contribution is 5.76. The van der Waals surface area contributed by atoms with Gasteiger partial charge in [-0.3, -0.25) is 4.79 Å². The van der Waals surface area contributed by atoms with Crippen molar-refractivity contribution in [2.45, 2.75) is 19.3 Å². The monoisotopic (exact) mass is 331 g/mol. The summed E-state index contributed by atoms with van der Waals surface area (Å²) in [6.45, 7) is 4.07. The van der Waals surface area contributed by atoms with Crippen LogP contribution in [0.3, 0.4) is 0 Å². The first-order valence-corrected chi connectivity index (χ1v) is 8.31. The zero-order valence-electron chi connectivity index (χ0n) is 14.5. The fraction of sp³-hybridized carbons (Fsp3) is 0.556. The van der Waals surface area contributed by atoms with E-state index in [9.17, 15) is 4.79 Å². The predicted octanol–water partition coefficient (Wildman–Crippen LogP) is 1.89. The number of hydrogen-bond donors (Lipinski definition) is 0. The smallest absolute Gasteiger partial charge is 0.222 e. The van der Waals surface area contributed by atoms with Crippen molar-refractivity contribution in [3.63, 3.8) is 0 Å². The van der Waals surface area contributed by atoms with Gasteiger partial charge in [0.05, 0.1) is 25.3 Å². The summed E-state index contributed by atoms with van der Waals surface area (Å²) in [4.78, 5) is 16.5. The van der Waals surface area contributed by atoms with Crippen molar-refractivity contribution in [3.05, 3.63) is 23.8 Å². The van der Waals surface area contributed by atoms with Crippen LogP contribution in [-0.2, 0) is 4.79 Å². The number of ether oxygens (including phenoxy) is 2. The van der Waals surface area contributed by atoms with Crippen LogP contribution >= 0.6 is 0 Å². The molecule has 0 radical (unpaired) electrons. The molecule has 6 nitrogen and oxygen atoms in total. The standard InChI is InChI=1S/C18H25N3O3/c1-20-8-4-9-21(11-10-20)18(22)5-3-12-24-16-7-6-15(14-19)13-17(16)23-2/h6-7,13H,3-5,8-12H2,1-2H3. The van der Waals surface area contributed by atoms with Crippen molar-refractivity contribution < 1.29 is 14.3 Å². The molecule has 130 valence electrons. The highest BCUT2D eigenvalue weighted by Crippen LogP contribution is 2.27. The molecule has 1 aliphatic rings. The molecule has 0 saturated carbocycles. The highest BCUT2D eigenvalue weighted by atomic mass is 16.5. The van der Waals surface area contributed by atoms with Gasteiger partial charge in [0, 0.05) is 32.1 Å². The van der Waals surface area contributed by atoms with Gasteiger partial charge in [-0.15, -0.1) is 0 Å². The minimum Gasteiger partial charge on any atom is -0.493 e. The fourth-order valence-corrected chi connectivity index (χ4v) is 2.72. The van der Waals surface area contributed by atoms with Crippen LogP contribution in [-0.4, -0.2) is 62.7 Å². The summed E-state index contributed by atoms with van der Waals surface area (Å²) in [6, 6.07) is 7.13. The Kier molecular flexibility index (Phi) is 6.89. The molecule has 1 amide bonds. The first kappa shape index (κ1) is 18.1. The van der Waals surface area contributed by atoms with Gasteiger partial charge in [-0.1, -0.05) is 0 Å². The third kappa shape index (κ3) is 5.14. The maximum absolute atomic E-state index is 12.3. The molecule has 0 spiro atoms. The van der Waals surface area contributed by atoms with Crippen LogP contribution in [0, 0.1) is 11.3 Å². The summed E-state index contributed by atoms with van der Waals surface area (Å²) in [7, 11) is 3.63. The Morgan fingerprint density at radius 2 is 2.08 bits per heavy atom. The second-order valence-electron chi connectivity index (χ2n) is 5.97. The first-order chi connectivity index (χ1) is 11.6. The maximum Gasteiger partial charge on any atom is 0.222 e. The Morgan fingerprint density at radius 1 is 1.25 bits per heavy atom. The van der Waals surface area contributed by atoms with Crippen LogP contribution in [0.2, 0.25) is 0 Å². The Morgan fingerprint density at radius 3 is 2.83 bits per heavy atom. The normalized spacial score (nSPS) is 15.5. The lowest BCUT2D eigenvalue weighted by Crippen LogP contribution is -2.34. The van der Waals surface area contributed by atoms with E-state index in [4.69, 9.17) is 14.7 Å². The molecule has 1 aromatic carbocycles. The van der Waals surface area contributed by atoms with E-state index in [2.05, 4.69) is 18.0 Å². The Balaban J connectivity index is 1.76. The zero-order chi connectivity index (χ0) is 17.4. The average molecular weight is 331 g/mol. The van der Waals surface area contributed by atoms with E-state index in [1.54, 1.807) is 25.3 Å². The number of rotatable bonds is 6. The van der Waals surface area contributed by atoms with Gasteiger partial charge in [-0.05, 0) is 38.6 Å². The molecule has 24 heavy (non-hydrogen) atoms. The van der Waals surface area contributed by atoms with Gasteiger partial charge < -0.3 is 19.3 Å². The van der Waals surface area contributed by atoms with E-state index in [1.165, 1.54) is 0 Å². The van der Waals surface area contributed by atoms with E-state index in [0.29, 0.717) is 36.5 Å². The molecule has 0 aliphatic carbocycles. The number of nitriles is 1. The summed E-state index contributed by atoms with van der Waals surface area (Å²) in [5.74, 6) is 1.33. The van der Waals surface area contributed by atoms with E-state index >= 15 is 0 Å². The third-order valence-electron chi connectivity index (χ3n) is 4.16. The SMILES string of the molecule is COc1cc(C#N)ccc1OCCCC(=O)N1CCCN(C)CC1. The van der Waals surface area contributed by atoms with E-state index in [1.807, 2.05) is 4.90 Å². The first-order valence-electron chi connectivity index (χ1n) is 8.31. The van der Waals surface area contributed by atoms with Crippen molar-refractivity contribution in [1.82, 2.24) is 9.80 Å². The number of hydrogen-bond acceptors (Lipinski definition) is 5. The molecule has 0 N–H and O–H groups in total. The molecule has 1 aromatic rings. The summed E-state index contributed by atoms with van der Waals surface area (Å²) < 4.78 is 10.9. The summed E-state index contributed by atoms with van der Waals surface area (Å²) in [6.07, 6.45) is 2.18. The van der Waals surface area contributed by atoms with Gasteiger partial charge in [-0.2, -0.15) is 5.26 Å². The second kappa shape index (κ2) is 9.14. The van der Waals surface area contributed by atoms with Gasteiger partial charge in [-0.25, -0.2) is 0 Å².